The number of ether oxygens (including phenoxy) is 3. The zero-order valence-corrected chi connectivity index (χ0v) is 15.9. The minimum atomic E-state index is -0.474. The highest BCUT2D eigenvalue weighted by Crippen LogP contribution is 2.20. The fourth-order valence-corrected chi connectivity index (χ4v) is 2.36. The van der Waals surface area contributed by atoms with Crippen molar-refractivity contribution in [2.24, 2.45) is 0 Å². The van der Waals surface area contributed by atoms with E-state index < -0.39 is 5.97 Å². The van der Waals surface area contributed by atoms with Crippen molar-refractivity contribution in [1.29, 1.82) is 0 Å². The monoisotopic (exact) mass is 370 g/mol. The predicted molar refractivity (Wildman–Crippen MR) is 103 cm³/mol. The lowest BCUT2D eigenvalue weighted by atomic mass is 10.2. The van der Waals surface area contributed by atoms with Crippen LogP contribution in [0.2, 0.25) is 0 Å². The maximum atomic E-state index is 12.2. The zero-order valence-electron chi connectivity index (χ0n) is 15.9. The lowest BCUT2D eigenvalue weighted by Gasteiger charge is -2.08. The SMILES string of the molecule is CCCCCOc1ccc(OC(=O)c2ccc(OC(=O)CCC)cc2)cc1. The van der Waals surface area contributed by atoms with Crippen LogP contribution in [-0.4, -0.2) is 18.5 Å². The summed E-state index contributed by atoms with van der Waals surface area (Å²) in [6.45, 7) is 4.74. The number of hydrogen-bond donors (Lipinski definition) is 0. The minimum absolute atomic E-state index is 0.287. The average molecular weight is 370 g/mol. The third-order valence-corrected chi connectivity index (χ3v) is 3.83. The van der Waals surface area contributed by atoms with E-state index in [4.69, 9.17) is 14.2 Å². The van der Waals surface area contributed by atoms with Crippen LogP contribution in [0.15, 0.2) is 48.5 Å². The van der Waals surface area contributed by atoms with Crippen LogP contribution < -0.4 is 14.2 Å². The van der Waals surface area contributed by atoms with E-state index in [9.17, 15) is 9.59 Å². The van der Waals surface area contributed by atoms with Crippen molar-refractivity contribution in [3.05, 3.63) is 54.1 Å². The summed E-state index contributed by atoms with van der Waals surface area (Å²) in [5.74, 6) is 0.848. The second kappa shape index (κ2) is 11.0. The van der Waals surface area contributed by atoms with E-state index in [1.54, 1.807) is 48.5 Å². The molecule has 0 fully saturated rings. The van der Waals surface area contributed by atoms with Crippen LogP contribution >= 0.6 is 0 Å². The van der Waals surface area contributed by atoms with E-state index in [1.807, 2.05) is 6.92 Å². The molecule has 0 unspecified atom stereocenters. The molecule has 5 nitrogen and oxygen atoms in total. The Morgan fingerprint density at radius 2 is 1.33 bits per heavy atom. The third kappa shape index (κ3) is 7.13. The summed E-state index contributed by atoms with van der Waals surface area (Å²) in [6, 6.07) is 13.3. The number of carbonyl (C=O) groups excluding carboxylic acids is 2. The fourth-order valence-electron chi connectivity index (χ4n) is 2.36. The molecule has 2 aromatic rings. The lowest BCUT2D eigenvalue weighted by molar-refractivity contribution is -0.134. The Balaban J connectivity index is 1.86. The average Bonchev–Trinajstić information content (AvgIpc) is 2.67. The number of carbonyl (C=O) groups is 2. The quantitative estimate of drug-likeness (QED) is 0.328. The Hall–Kier alpha value is -2.82. The van der Waals surface area contributed by atoms with Crippen LogP contribution in [0.25, 0.3) is 0 Å². The number of esters is 2. The summed E-state index contributed by atoms with van der Waals surface area (Å²) in [4.78, 5) is 23.7. The smallest absolute Gasteiger partial charge is 0.343 e. The van der Waals surface area contributed by atoms with Crippen LogP contribution in [0.3, 0.4) is 0 Å². The van der Waals surface area contributed by atoms with Gasteiger partial charge in [-0.15, -0.1) is 0 Å². The molecular weight excluding hydrogens is 344 g/mol. The van der Waals surface area contributed by atoms with Crippen LogP contribution in [0.4, 0.5) is 0 Å². The first-order valence-corrected chi connectivity index (χ1v) is 9.38. The number of rotatable bonds is 10. The first-order chi connectivity index (χ1) is 13.1. The van der Waals surface area contributed by atoms with E-state index in [2.05, 4.69) is 6.92 Å². The molecule has 0 bridgehead atoms. The van der Waals surface area contributed by atoms with Gasteiger partial charge in [0.25, 0.3) is 0 Å². The largest absolute Gasteiger partial charge is 0.494 e. The summed E-state index contributed by atoms with van der Waals surface area (Å²) in [6.07, 6.45) is 4.41. The maximum absolute atomic E-state index is 12.2. The topological polar surface area (TPSA) is 61.8 Å². The second-order valence-electron chi connectivity index (χ2n) is 6.16. The molecule has 0 N–H and O–H groups in total. The van der Waals surface area contributed by atoms with Gasteiger partial charge in [0.1, 0.15) is 17.2 Å². The van der Waals surface area contributed by atoms with E-state index in [-0.39, 0.29) is 5.97 Å². The molecule has 0 aliphatic carbocycles. The zero-order chi connectivity index (χ0) is 19.5. The lowest BCUT2D eigenvalue weighted by Crippen LogP contribution is -2.09. The normalized spacial score (nSPS) is 10.3. The molecule has 0 spiro atoms. The van der Waals surface area contributed by atoms with Crippen LogP contribution in [-0.2, 0) is 4.79 Å². The van der Waals surface area contributed by atoms with E-state index in [0.717, 1.165) is 31.4 Å². The molecule has 0 amide bonds. The van der Waals surface area contributed by atoms with Crippen molar-refractivity contribution in [3.63, 3.8) is 0 Å². The van der Waals surface area contributed by atoms with Crippen molar-refractivity contribution < 1.29 is 23.8 Å². The van der Waals surface area contributed by atoms with Crippen LogP contribution in [0.1, 0.15) is 56.3 Å². The standard InChI is InChI=1S/C22H26O5/c1-3-5-6-16-25-18-12-14-20(15-13-18)27-22(24)17-8-10-19(11-9-17)26-21(23)7-4-2/h8-15H,3-7,16H2,1-2H3. The van der Waals surface area contributed by atoms with Gasteiger partial charge in [-0.2, -0.15) is 0 Å². The number of benzene rings is 2. The Bertz CT molecular complexity index is 719. The summed E-state index contributed by atoms with van der Waals surface area (Å²) in [7, 11) is 0. The highest BCUT2D eigenvalue weighted by atomic mass is 16.5. The van der Waals surface area contributed by atoms with Crippen molar-refractivity contribution in [2.45, 2.75) is 46.0 Å². The fraction of sp³-hybridized carbons (Fsp3) is 0.364. The highest BCUT2D eigenvalue weighted by molar-refractivity contribution is 5.91. The first-order valence-electron chi connectivity index (χ1n) is 9.38. The molecule has 0 aliphatic heterocycles. The summed E-state index contributed by atoms with van der Waals surface area (Å²) in [5, 5.41) is 0. The summed E-state index contributed by atoms with van der Waals surface area (Å²) >= 11 is 0. The molecule has 0 atom stereocenters. The molecule has 5 heteroatoms. The van der Waals surface area contributed by atoms with E-state index in [0.29, 0.717) is 30.1 Å². The number of hydrogen-bond acceptors (Lipinski definition) is 5. The Morgan fingerprint density at radius 1 is 0.741 bits per heavy atom. The molecule has 0 saturated heterocycles. The van der Waals surface area contributed by atoms with Crippen molar-refractivity contribution >= 4 is 11.9 Å². The van der Waals surface area contributed by atoms with Crippen molar-refractivity contribution in [2.75, 3.05) is 6.61 Å². The van der Waals surface area contributed by atoms with Gasteiger partial charge in [0, 0.05) is 6.42 Å². The van der Waals surface area contributed by atoms with Gasteiger partial charge in [-0.25, -0.2) is 4.79 Å². The van der Waals surface area contributed by atoms with Gasteiger partial charge in [-0.05, 0) is 61.4 Å². The molecule has 0 radical (unpaired) electrons. The highest BCUT2D eigenvalue weighted by Gasteiger charge is 2.10. The van der Waals surface area contributed by atoms with Gasteiger partial charge in [0.2, 0.25) is 0 Å². The van der Waals surface area contributed by atoms with E-state index in [1.165, 1.54) is 0 Å². The molecule has 0 heterocycles. The van der Waals surface area contributed by atoms with E-state index >= 15 is 0 Å². The molecule has 0 aliphatic rings. The van der Waals surface area contributed by atoms with Crippen LogP contribution in [0.5, 0.6) is 17.2 Å². The molecule has 2 rings (SSSR count). The van der Waals surface area contributed by atoms with Crippen molar-refractivity contribution in [3.8, 4) is 17.2 Å². The Morgan fingerprint density at radius 3 is 1.96 bits per heavy atom. The molecule has 27 heavy (non-hydrogen) atoms. The Kier molecular flexibility index (Phi) is 8.36. The summed E-state index contributed by atoms with van der Waals surface area (Å²) in [5.41, 5.74) is 0.380. The van der Waals surface area contributed by atoms with Gasteiger partial charge < -0.3 is 14.2 Å². The van der Waals surface area contributed by atoms with Crippen molar-refractivity contribution in [1.82, 2.24) is 0 Å². The van der Waals surface area contributed by atoms with Gasteiger partial charge in [0.05, 0.1) is 12.2 Å². The van der Waals surface area contributed by atoms with Gasteiger partial charge in [-0.3, -0.25) is 4.79 Å². The second-order valence-corrected chi connectivity index (χ2v) is 6.16. The van der Waals surface area contributed by atoms with Gasteiger partial charge in [-0.1, -0.05) is 26.7 Å². The molecule has 0 aromatic heterocycles. The maximum Gasteiger partial charge on any atom is 0.343 e. The molecule has 0 saturated carbocycles. The number of unbranched alkanes of at least 4 members (excludes halogenated alkanes) is 2. The van der Waals surface area contributed by atoms with Crippen LogP contribution in [0, 0.1) is 0 Å². The summed E-state index contributed by atoms with van der Waals surface area (Å²) < 4.78 is 16.2. The first kappa shape index (κ1) is 20.5. The Labute approximate surface area is 160 Å². The molecule has 2 aromatic carbocycles. The third-order valence-electron chi connectivity index (χ3n) is 3.83. The van der Waals surface area contributed by atoms with Gasteiger partial charge in [0.15, 0.2) is 0 Å². The molecular formula is C22H26O5. The minimum Gasteiger partial charge on any atom is -0.494 e. The van der Waals surface area contributed by atoms with Gasteiger partial charge >= 0.3 is 11.9 Å². The predicted octanol–water partition coefficient (Wildman–Crippen LogP) is 5.18. The molecule has 144 valence electrons.